The fraction of sp³-hybridized carbons (Fsp3) is 0.583. The topological polar surface area (TPSA) is 28.2 Å². The van der Waals surface area contributed by atoms with Crippen molar-refractivity contribution in [2.75, 3.05) is 25.0 Å². The molecule has 0 spiro atoms. The second kappa shape index (κ2) is 6.43. The van der Waals surface area contributed by atoms with Gasteiger partial charge in [-0.1, -0.05) is 25.4 Å². The van der Waals surface area contributed by atoms with E-state index in [-0.39, 0.29) is 5.02 Å². The molecule has 0 radical (unpaired) electrons. The summed E-state index contributed by atoms with van der Waals surface area (Å²) in [6.45, 7) is 5.34. The number of pyridine rings is 1. The van der Waals surface area contributed by atoms with Crippen molar-refractivity contribution in [2.24, 2.45) is 0 Å². The first-order chi connectivity index (χ1) is 8.71. The van der Waals surface area contributed by atoms with Gasteiger partial charge in [-0.2, -0.15) is 13.2 Å². The van der Waals surface area contributed by atoms with E-state index >= 15 is 0 Å². The molecule has 7 heteroatoms. The number of likely N-dealkylation sites (N-methyl/N-ethyl adjacent to an activating group) is 1. The van der Waals surface area contributed by atoms with Gasteiger partial charge >= 0.3 is 6.18 Å². The SMILES string of the molecule is CC(C)NCCN(C)c1ncc(C(F)(F)F)cc1Cl. The summed E-state index contributed by atoms with van der Waals surface area (Å²) < 4.78 is 37.4. The van der Waals surface area contributed by atoms with Crippen LogP contribution in [0.3, 0.4) is 0 Å². The minimum absolute atomic E-state index is 0.00173. The normalized spacial score (nSPS) is 12.0. The maximum atomic E-state index is 12.5. The number of hydrogen-bond donors (Lipinski definition) is 1. The van der Waals surface area contributed by atoms with Crippen LogP contribution in [0.5, 0.6) is 0 Å². The van der Waals surface area contributed by atoms with Crippen molar-refractivity contribution in [3.8, 4) is 0 Å². The van der Waals surface area contributed by atoms with Gasteiger partial charge in [0.1, 0.15) is 5.82 Å². The number of halogens is 4. The Morgan fingerprint density at radius 1 is 1.42 bits per heavy atom. The zero-order chi connectivity index (χ0) is 14.6. The van der Waals surface area contributed by atoms with Gasteiger partial charge in [0.05, 0.1) is 10.6 Å². The molecule has 108 valence electrons. The predicted octanol–water partition coefficient (Wildman–Crippen LogP) is 3.19. The molecule has 0 aromatic carbocycles. The van der Waals surface area contributed by atoms with Crippen LogP contribution >= 0.6 is 11.6 Å². The fourth-order valence-electron chi connectivity index (χ4n) is 1.49. The summed E-state index contributed by atoms with van der Waals surface area (Å²) in [5, 5.41) is 3.21. The minimum Gasteiger partial charge on any atom is -0.357 e. The predicted molar refractivity (Wildman–Crippen MR) is 70.7 cm³/mol. The lowest BCUT2D eigenvalue weighted by atomic mass is 10.2. The molecule has 1 rings (SSSR count). The molecule has 0 aliphatic heterocycles. The standard InChI is InChI=1S/C12H17ClF3N3/c1-8(2)17-4-5-19(3)11-10(13)6-9(7-18-11)12(14,15)16/h6-8,17H,4-5H2,1-3H3. The van der Waals surface area contributed by atoms with E-state index in [1.54, 1.807) is 11.9 Å². The molecule has 0 fully saturated rings. The van der Waals surface area contributed by atoms with Crippen LogP contribution in [-0.4, -0.2) is 31.2 Å². The fourth-order valence-corrected chi connectivity index (χ4v) is 1.80. The van der Waals surface area contributed by atoms with Crippen molar-refractivity contribution in [3.63, 3.8) is 0 Å². The second-order valence-electron chi connectivity index (χ2n) is 4.56. The van der Waals surface area contributed by atoms with Crippen molar-refractivity contribution in [3.05, 3.63) is 22.8 Å². The number of nitrogens with one attached hydrogen (secondary N) is 1. The molecule has 0 saturated carbocycles. The van der Waals surface area contributed by atoms with Crippen LogP contribution < -0.4 is 10.2 Å². The largest absolute Gasteiger partial charge is 0.417 e. The first-order valence-corrected chi connectivity index (χ1v) is 6.27. The van der Waals surface area contributed by atoms with Gasteiger partial charge in [0.15, 0.2) is 0 Å². The highest BCUT2D eigenvalue weighted by Crippen LogP contribution is 2.33. The third-order valence-electron chi connectivity index (χ3n) is 2.51. The van der Waals surface area contributed by atoms with Crippen molar-refractivity contribution in [2.45, 2.75) is 26.1 Å². The summed E-state index contributed by atoms with van der Waals surface area (Å²) in [6, 6.07) is 1.25. The molecular weight excluding hydrogens is 279 g/mol. The lowest BCUT2D eigenvalue weighted by Gasteiger charge is -2.21. The average Bonchev–Trinajstić information content (AvgIpc) is 2.26. The molecule has 0 aliphatic carbocycles. The Hall–Kier alpha value is -1.01. The average molecular weight is 296 g/mol. The van der Waals surface area contributed by atoms with Gasteiger partial charge in [0.2, 0.25) is 0 Å². The molecular formula is C12H17ClF3N3. The summed E-state index contributed by atoms with van der Waals surface area (Å²) in [7, 11) is 1.74. The molecule has 1 N–H and O–H groups in total. The number of alkyl halides is 3. The number of rotatable bonds is 5. The van der Waals surface area contributed by atoms with Gasteiger partial charge < -0.3 is 10.2 Å². The maximum absolute atomic E-state index is 12.5. The monoisotopic (exact) mass is 295 g/mol. The van der Waals surface area contributed by atoms with Crippen molar-refractivity contribution >= 4 is 17.4 Å². The number of aromatic nitrogens is 1. The van der Waals surface area contributed by atoms with Gasteiger partial charge in [-0.3, -0.25) is 0 Å². The number of anilines is 1. The molecule has 1 heterocycles. The Morgan fingerprint density at radius 3 is 2.53 bits per heavy atom. The highest BCUT2D eigenvalue weighted by Gasteiger charge is 2.31. The molecule has 0 unspecified atom stereocenters. The first kappa shape index (κ1) is 16.0. The number of hydrogen-bond acceptors (Lipinski definition) is 3. The lowest BCUT2D eigenvalue weighted by Crippen LogP contribution is -2.33. The maximum Gasteiger partial charge on any atom is 0.417 e. The molecule has 0 atom stereocenters. The third-order valence-corrected chi connectivity index (χ3v) is 2.79. The van der Waals surface area contributed by atoms with Crippen molar-refractivity contribution in [1.29, 1.82) is 0 Å². The van der Waals surface area contributed by atoms with E-state index in [1.165, 1.54) is 0 Å². The summed E-state index contributed by atoms with van der Waals surface area (Å²) >= 11 is 5.85. The first-order valence-electron chi connectivity index (χ1n) is 5.89. The molecule has 3 nitrogen and oxygen atoms in total. The zero-order valence-corrected chi connectivity index (χ0v) is 11.8. The second-order valence-corrected chi connectivity index (χ2v) is 4.96. The molecule has 0 aliphatic rings. The van der Waals surface area contributed by atoms with Crippen LogP contribution in [0.4, 0.5) is 19.0 Å². The zero-order valence-electron chi connectivity index (χ0n) is 11.1. The van der Waals surface area contributed by atoms with Crippen LogP contribution in [0.15, 0.2) is 12.3 Å². The molecule has 1 aromatic heterocycles. The van der Waals surface area contributed by atoms with Crippen molar-refractivity contribution < 1.29 is 13.2 Å². The molecule has 19 heavy (non-hydrogen) atoms. The van der Waals surface area contributed by atoms with E-state index in [1.807, 2.05) is 13.8 Å². The summed E-state index contributed by atoms with van der Waals surface area (Å²) in [4.78, 5) is 5.51. The summed E-state index contributed by atoms with van der Waals surface area (Å²) in [6.07, 6.45) is -3.62. The van der Waals surface area contributed by atoms with Gasteiger partial charge in [-0.25, -0.2) is 4.98 Å². The Bertz CT molecular complexity index is 421. The van der Waals surface area contributed by atoms with Gasteiger partial charge in [-0.15, -0.1) is 0 Å². The van der Waals surface area contributed by atoms with E-state index in [2.05, 4.69) is 10.3 Å². The van der Waals surface area contributed by atoms with Crippen molar-refractivity contribution in [1.82, 2.24) is 10.3 Å². The van der Waals surface area contributed by atoms with Crippen LogP contribution in [0, 0.1) is 0 Å². The van der Waals surface area contributed by atoms with E-state index in [0.717, 1.165) is 12.3 Å². The summed E-state index contributed by atoms with van der Waals surface area (Å²) in [5.41, 5.74) is -0.838. The Balaban J connectivity index is 2.73. The third kappa shape index (κ3) is 4.87. The van der Waals surface area contributed by atoms with E-state index in [0.29, 0.717) is 24.9 Å². The summed E-state index contributed by atoms with van der Waals surface area (Å²) in [5.74, 6) is 0.347. The van der Waals surface area contributed by atoms with E-state index in [9.17, 15) is 13.2 Å². The molecule has 0 bridgehead atoms. The number of nitrogens with zero attached hydrogens (tertiary/aromatic N) is 2. The van der Waals surface area contributed by atoms with Gasteiger partial charge in [0.25, 0.3) is 0 Å². The molecule has 0 amide bonds. The molecule has 1 aromatic rings. The lowest BCUT2D eigenvalue weighted by molar-refractivity contribution is -0.137. The highest BCUT2D eigenvalue weighted by atomic mass is 35.5. The Kier molecular flexibility index (Phi) is 5.43. The minimum atomic E-state index is -4.42. The Morgan fingerprint density at radius 2 is 2.05 bits per heavy atom. The Labute approximate surface area is 115 Å². The quantitative estimate of drug-likeness (QED) is 0.904. The molecule has 0 saturated heterocycles. The van der Waals surface area contributed by atoms with Crippen LogP contribution in [0.1, 0.15) is 19.4 Å². The smallest absolute Gasteiger partial charge is 0.357 e. The van der Waals surface area contributed by atoms with Gasteiger partial charge in [0, 0.05) is 32.4 Å². The van der Waals surface area contributed by atoms with Crippen LogP contribution in [0.25, 0.3) is 0 Å². The van der Waals surface area contributed by atoms with E-state index in [4.69, 9.17) is 11.6 Å². The van der Waals surface area contributed by atoms with E-state index < -0.39 is 11.7 Å². The van der Waals surface area contributed by atoms with Gasteiger partial charge in [-0.05, 0) is 6.07 Å². The van der Waals surface area contributed by atoms with Crippen LogP contribution in [-0.2, 0) is 6.18 Å². The van der Waals surface area contributed by atoms with Crippen LogP contribution in [0.2, 0.25) is 5.02 Å². The highest BCUT2D eigenvalue weighted by molar-refractivity contribution is 6.33.